The first-order valence-corrected chi connectivity index (χ1v) is 8.21. The number of rotatable bonds is 4. The standard InChI is InChI=1S/C16H18N2O2S/c1-2-8-17-9-7-15(19)18(16(17)20)10-12-11-21-14-6-4-3-5-13(12)14/h3-7,9,12H,2,8,10-11H2,1H3. The van der Waals surface area contributed by atoms with Crippen LogP contribution in [-0.2, 0) is 13.1 Å². The van der Waals surface area contributed by atoms with Crippen LogP contribution in [0.15, 0.2) is 51.0 Å². The summed E-state index contributed by atoms with van der Waals surface area (Å²) >= 11 is 1.80. The number of fused-ring (bicyclic) bond motifs is 1. The van der Waals surface area contributed by atoms with Crippen LogP contribution in [0.1, 0.15) is 24.8 Å². The molecule has 4 nitrogen and oxygen atoms in total. The summed E-state index contributed by atoms with van der Waals surface area (Å²) in [4.78, 5) is 25.7. The molecule has 1 aliphatic heterocycles. The van der Waals surface area contributed by atoms with Crippen LogP contribution < -0.4 is 11.2 Å². The number of hydrogen-bond acceptors (Lipinski definition) is 3. The number of thioether (sulfide) groups is 1. The highest BCUT2D eigenvalue weighted by molar-refractivity contribution is 7.99. The fourth-order valence-corrected chi connectivity index (χ4v) is 3.98. The van der Waals surface area contributed by atoms with Crippen LogP contribution in [-0.4, -0.2) is 14.9 Å². The fourth-order valence-electron chi connectivity index (χ4n) is 2.74. The lowest BCUT2D eigenvalue weighted by molar-refractivity contribution is 0.513. The lowest BCUT2D eigenvalue weighted by atomic mass is 10.0. The minimum Gasteiger partial charge on any atom is -0.300 e. The summed E-state index contributed by atoms with van der Waals surface area (Å²) in [5.74, 6) is 1.16. The van der Waals surface area contributed by atoms with E-state index in [9.17, 15) is 9.59 Å². The van der Waals surface area contributed by atoms with Crippen LogP contribution in [0.25, 0.3) is 0 Å². The van der Waals surface area contributed by atoms with Gasteiger partial charge in [-0.2, -0.15) is 0 Å². The van der Waals surface area contributed by atoms with Crippen molar-refractivity contribution < 1.29 is 0 Å². The van der Waals surface area contributed by atoms with Crippen LogP contribution in [0, 0.1) is 0 Å². The molecule has 0 spiro atoms. The molecule has 2 aromatic rings. The van der Waals surface area contributed by atoms with Crippen molar-refractivity contribution in [1.82, 2.24) is 9.13 Å². The zero-order valence-corrected chi connectivity index (χ0v) is 12.8. The maximum atomic E-state index is 12.4. The molecule has 21 heavy (non-hydrogen) atoms. The van der Waals surface area contributed by atoms with E-state index in [4.69, 9.17) is 0 Å². The van der Waals surface area contributed by atoms with Crippen molar-refractivity contribution in [3.8, 4) is 0 Å². The summed E-state index contributed by atoms with van der Waals surface area (Å²) in [7, 11) is 0. The molecule has 110 valence electrons. The van der Waals surface area contributed by atoms with Gasteiger partial charge >= 0.3 is 5.69 Å². The molecule has 1 atom stereocenters. The zero-order valence-electron chi connectivity index (χ0n) is 12.0. The van der Waals surface area contributed by atoms with E-state index in [0.29, 0.717) is 13.1 Å². The number of aromatic nitrogens is 2. The smallest absolute Gasteiger partial charge is 0.300 e. The van der Waals surface area contributed by atoms with E-state index in [1.807, 2.05) is 19.1 Å². The van der Waals surface area contributed by atoms with Gasteiger partial charge < -0.3 is 4.57 Å². The molecule has 0 amide bonds. The minimum absolute atomic E-state index is 0.196. The van der Waals surface area contributed by atoms with Gasteiger partial charge in [0.05, 0.1) is 0 Å². The molecule has 0 N–H and O–H groups in total. The Hall–Kier alpha value is -1.75. The fraction of sp³-hybridized carbons (Fsp3) is 0.375. The van der Waals surface area contributed by atoms with Gasteiger partial charge in [0.15, 0.2) is 0 Å². The van der Waals surface area contributed by atoms with E-state index in [0.717, 1.165) is 12.2 Å². The Morgan fingerprint density at radius 3 is 2.86 bits per heavy atom. The molecule has 0 fully saturated rings. The topological polar surface area (TPSA) is 44.0 Å². The summed E-state index contributed by atoms with van der Waals surface area (Å²) in [5.41, 5.74) is 0.847. The largest absolute Gasteiger partial charge is 0.330 e. The van der Waals surface area contributed by atoms with Gasteiger partial charge in [-0.3, -0.25) is 9.36 Å². The molecule has 5 heteroatoms. The first-order chi connectivity index (χ1) is 10.2. The molecule has 0 saturated carbocycles. The van der Waals surface area contributed by atoms with Crippen LogP contribution in [0.5, 0.6) is 0 Å². The third-order valence-electron chi connectivity index (χ3n) is 3.81. The van der Waals surface area contributed by atoms with Crippen molar-refractivity contribution >= 4 is 11.8 Å². The van der Waals surface area contributed by atoms with Gasteiger partial charge in [0.2, 0.25) is 0 Å². The molecule has 1 aromatic carbocycles. The van der Waals surface area contributed by atoms with Gasteiger partial charge in [0.1, 0.15) is 0 Å². The average Bonchev–Trinajstić information content (AvgIpc) is 2.90. The Labute approximate surface area is 127 Å². The first-order valence-electron chi connectivity index (χ1n) is 7.22. The van der Waals surface area contributed by atoms with Crippen molar-refractivity contribution in [3.63, 3.8) is 0 Å². The molecule has 0 radical (unpaired) electrons. The lowest BCUT2D eigenvalue weighted by Gasteiger charge is -2.14. The maximum absolute atomic E-state index is 12.4. The van der Waals surface area contributed by atoms with Gasteiger partial charge in [0, 0.05) is 41.9 Å². The van der Waals surface area contributed by atoms with Crippen LogP contribution in [0.3, 0.4) is 0 Å². The average molecular weight is 302 g/mol. The molecule has 1 aromatic heterocycles. The van der Waals surface area contributed by atoms with Gasteiger partial charge in [0.25, 0.3) is 5.56 Å². The van der Waals surface area contributed by atoms with Crippen molar-refractivity contribution in [3.05, 3.63) is 62.9 Å². The van der Waals surface area contributed by atoms with E-state index in [1.54, 1.807) is 22.5 Å². The molecule has 2 heterocycles. The molecular formula is C16H18N2O2S. The number of benzene rings is 1. The van der Waals surface area contributed by atoms with E-state index in [1.165, 1.54) is 21.1 Å². The van der Waals surface area contributed by atoms with E-state index in [-0.39, 0.29) is 17.2 Å². The summed E-state index contributed by atoms with van der Waals surface area (Å²) in [6, 6.07) is 9.73. The van der Waals surface area contributed by atoms with Crippen molar-refractivity contribution in [2.24, 2.45) is 0 Å². The molecule has 0 aliphatic carbocycles. The monoisotopic (exact) mass is 302 g/mol. The lowest BCUT2D eigenvalue weighted by Crippen LogP contribution is -2.40. The van der Waals surface area contributed by atoms with Crippen LogP contribution in [0.4, 0.5) is 0 Å². The van der Waals surface area contributed by atoms with Crippen molar-refractivity contribution in [2.45, 2.75) is 37.2 Å². The number of hydrogen-bond donors (Lipinski definition) is 0. The highest BCUT2D eigenvalue weighted by atomic mass is 32.2. The summed E-state index contributed by atoms with van der Waals surface area (Å²) in [5, 5.41) is 0. The van der Waals surface area contributed by atoms with Crippen molar-refractivity contribution in [1.29, 1.82) is 0 Å². The Morgan fingerprint density at radius 2 is 2.05 bits per heavy atom. The van der Waals surface area contributed by atoms with Crippen LogP contribution >= 0.6 is 11.8 Å². The Bertz CT molecular complexity index is 763. The highest BCUT2D eigenvalue weighted by Gasteiger charge is 2.24. The molecular weight excluding hydrogens is 284 g/mol. The Kier molecular flexibility index (Phi) is 4.01. The number of nitrogens with zero attached hydrogens (tertiary/aromatic N) is 2. The quantitative estimate of drug-likeness (QED) is 0.870. The predicted octanol–water partition coefficient (Wildman–Crippen LogP) is 2.31. The Morgan fingerprint density at radius 1 is 1.24 bits per heavy atom. The number of aryl methyl sites for hydroxylation is 1. The normalized spacial score (nSPS) is 16.9. The first kappa shape index (κ1) is 14.2. The second kappa shape index (κ2) is 5.93. The Balaban J connectivity index is 1.95. The van der Waals surface area contributed by atoms with Gasteiger partial charge in [-0.25, -0.2) is 4.79 Å². The molecule has 0 bridgehead atoms. The molecule has 3 rings (SSSR count). The third-order valence-corrected chi connectivity index (χ3v) is 5.06. The highest BCUT2D eigenvalue weighted by Crippen LogP contribution is 2.39. The minimum atomic E-state index is -0.207. The van der Waals surface area contributed by atoms with Gasteiger partial charge in [-0.05, 0) is 18.1 Å². The summed E-state index contributed by atoms with van der Waals surface area (Å²) < 4.78 is 3.00. The van der Waals surface area contributed by atoms with Crippen molar-refractivity contribution in [2.75, 3.05) is 5.75 Å². The second-order valence-corrected chi connectivity index (χ2v) is 6.35. The maximum Gasteiger partial charge on any atom is 0.330 e. The van der Waals surface area contributed by atoms with Crippen LogP contribution in [0.2, 0.25) is 0 Å². The summed E-state index contributed by atoms with van der Waals surface area (Å²) in [6.45, 7) is 3.13. The second-order valence-electron chi connectivity index (χ2n) is 5.29. The molecule has 1 unspecified atom stereocenters. The van der Waals surface area contributed by atoms with E-state index < -0.39 is 0 Å². The molecule has 0 saturated heterocycles. The van der Waals surface area contributed by atoms with Gasteiger partial charge in [-0.1, -0.05) is 25.1 Å². The van der Waals surface area contributed by atoms with E-state index in [2.05, 4.69) is 12.1 Å². The SMILES string of the molecule is CCCn1ccc(=O)n(CC2CSc3ccccc32)c1=O. The predicted molar refractivity (Wildman–Crippen MR) is 85.2 cm³/mol. The third kappa shape index (κ3) is 2.70. The van der Waals surface area contributed by atoms with E-state index >= 15 is 0 Å². The molecule has 1 aliphatic rings. The van der Waals surface area contributed by atoms with Gasteiger partial charge in [-0.15, -0.1) is 11.8 Å². The zero-order chi connectivity index (χ0) is 14.8. The summed E-state index contributed by atoms with van der Waals surface area (Å²) in [6.07, 6.45) is 2.47.